The van der Waals surface area contributed by atoms with Crippen LogP contribution in [0.25, 0.3) is 0 Å². The van der Waals surface area contributed by atoms with Gasteiger partial charge in [-0.15, -0.1) is 0 Å². The lowest BCUT2D eigenvalue weighted by atomic mass is 10.1. The Kier molecular flexibility index (Phi) is 3.01. The fraction of sp³-hybridized carbons (Fsp3) is 0.455. The Morgan fingerprint density at radius 3 is 2.79 bits per heavy atom. The predicted octanol–water partition coefficient (Wildman–Crippen LogP) is 1.57. The summed E-state index contributed by atoms with van der Waals surface area (Å²) in [5, 5.41) is 0. The van der Waals surface area contributed by atoms with Gasteiger partial charge in [0.05, 0.1) is 13.2 Å². The largest absolute Gasteiger partial charge is 0.399 e. The summed E-state index contributed by atoms with van der Waals surface area (Å²) in [6, 6.07) is 7.94. The zero-order valence-corrected chi connectivity index (χ0v) is 8.11. The molecule has 0 radical (unpaired) electrons. The third-order valence-corrected chi connectivity index (χ3v) is 2.31. The summed E-state index contributed by atoms with van der Waals surface area (Å²) in [4.78, 5) is 0. The van der Waals surface area contributed by atoms with Crippen LogP contribution in [-0.2, 0) is 15.9 Å². The van der Waals surface area contributed by atoms with E-state index < -0.39 is 0 Å². The predicted molar refractivity (Wildman–Crippen MR) is 54.9 cm³/mol. The summed E-state index contributed by atoms with van der Waals surface area (Å²) in [5.41, 5.74) is 7.74. The van der Waals surface area contributed by atoms with E-state index in [0.717, 1.165) is 31.7 Å². The SMILES string of the molecule is Nc1cccc(CCC2OCCO2)c1. The molecular formula is C11H15NO2. The second-order valence-electron chi connectivity index (χ2n) is 3.45. The highest BCUT2D eigenvalue weighted by Crippen LogP contribution is 2.14. The molecule has 0 aliphatic carbocycles. The third-order valence-electron chi connectivity index (χ3n) is 2.31. The molecule has 1 fully saturated rings. The Hall–Kier alpha value is -1.06. The fourth-order valence-corrected chi connectivity index (χ4v) is 1.61. The smallest absolute Gasteiger partial charge is 0.158 e. The normalized spacial score (nSPS) is 17.4. The van der Waals surface area contributed by atoms with Gasteiger partial charge in [0.15, 0.2) is 6.29 Å². The number of anilines is 1. The van der Waals surface area contributed by atoms with E-state index in [0.29, 0.717) is 0 Å². The molecule has 0 saturated carbocycles. The summed E-state index contributed by atoms with van der Waals surface area (Å²) in [7, 11) is 0. The Labute approximate surface area is 83.8 Å². The van der Waals surface area contributed by atoms with Gasteiger partial charge in [0.25, 0.3) is 0 Å². The molecule has 0 bridgehead atoms. The monoisotopic (exact) mass is 193 g/mol. The molecule has 1 saturated heterocycles. The van der Waals surface area contributed by atoms with Gasteiger partial charge < -0.3 is 15.2 Å². The van der Waals surface area contributed by atoms with Gasteiger partial charge >= 0.3 is 0 Å². The van der Waals surface area contributed by atoms with Crippen molar-refractivity contribution < 1.29 is 9.47 Å². The van der Waals surface area contributed by atoms with Crippen LogP contribution in [0.5, 0.6) is 0 Å². The van der Waals surface area contributed by atoms with Crippen molar-refractivity contribution in [2.24, 2.45) is 0 Å². The number of rotatable bonds is 3. The number of nitrogens with two attached hydrogens (primary N) is 1. The van der Waals surface area contributed by atoms with E-state index in [2.05, 4.69) is 6.07 Å². The molecule has 76 valence electrons. The first-order valence-electron chi connectivity index (χ1n) is 4.92. The molecule has 14 heavy (non-hydrogen) atoms. The summed E-state index contributed by atoms with van der Waals surface area (Å²) in [6.07, 6.45) is 1.84. The van der Waals surface area contributed by atoms with Crippen molar-refractivity contribution in [1.29, 1.82) is 0 Å². The molecule has 1 aromatic rings. The molecule has 2 rings (SSSR count). The minimum absolute atomic E-state index is 0.0172. The van der Waals surface area contributed by atoms with Crippen molar-refractivity contribution in [1.82, 2.24) is 0 Å². The second kappa shape index (κ2) is 4.44. The number of benzene rings is 1. The maximum atomic E-state index is 5.68. The van der Waals surface area contributed by atoms with Gasteiger partial charge in [0.2, 0.25) is 0 Å². The van der Waals surface area contributed by atoms with Crippen LogP contribution in [0.3, 0.4) is 0 Å². The number of hydrogen-bond donors (Lipinski definition) is 1. The van der Waals surface area contributed by atoms with Gasteiger partial charge in [0, 0.05) is 12.1 Å². The van der Waals surface area contributed by atoms with Crippen LogP contribution in [0.4, 0.5) is 5.69 Å². The zero-order valence-electron chi connectivity index (χ0n) is 8.11. The average Bonchev–Trinajstić information content (AvgIpc) is 2.67. The molecule has 1 aliphatic rings. The number of hydrogen-bond acceptors (Lipinski definition) is 3. The van der Waals surface area contributed by atoms with Crippen molar-refractivity contribution in [2.45, 2.75) is 19.1 Å². The zero-order chi connectivity index (χ0) is 9.80. The van der Waals surface area contributed by atoms with Crippen molar-refractivity contribution in [3.8, 4) is 0 Å². The van der Waals surface area contributed by atoms with E-state index in [1.807, 2.05) is 18.2 Å². The van der Waals surface area contributed by atoms with E-state index in [-0.39, 0.29) is 6.29 Å². The van der Waals surface area contributed by atoms with E-state index in [1.54, 1.807) is 0 Å². The average molecular weight is 193 g/mol. The van der Waals surface area contributed by atoms with E-state index in [9.17, 15) is 0 Å². The first kappa shape index (κ1) is 9.49. The molecule has 0 unspecified atom stereocenters. The summed E-state index contributed by atoms with van der Waals surface area (Å²) >= 11 is 0. The first-order chi connectivity index (χ1) is 6.84. The lowest BCUT2D eigenvalue weighted by Crippen LogP contribution is -2.08. The maximum Gasteiger partial charge on any atom is 0.158 e. The molecule has 3 nitrogen and oxygen atoms in total. The minimum atomic E-state index is -0.0172. The van der Waals surface area contributed by atoms with Crippen molar-refractivity contribution >= 4 is 5.69 Å². The van der Waals surface area contributed by atoms with Crippen LogP contribution in [-0.4, -0.2) is 19.5 Å². The quantitative estimate of drug-likeness (QED) is 0.741. The molecule has 3 heteroatoms. The molecule has 0 amide bonds. The highest BCUT2D eigenvalue weighted by molar-refractivity contribution is 5.40. The fourth-order valence-electron chi connectivity index (χ4n) is 1.61. The molecule has 0 spiro atoms. The highest BCUT2D eigenvalue weighted by Gasteiger charge is 2.15. The van der Waals surface area contributed by atoms with Crippen LogP contribution >= 0.6 is 0 Å². The third kappa shape index (κ3) is 2.47. The van der Waals surface area contributed by atoms with Gasteiger partial charge in [-0.05, 0) is 24.1 Å². The van der Waals surface area contributed by atoms with Gasteiger partial charge in [0.1, 0.15) is 0 Å². The van der Waals surface area contributed by atoms with Crippen molar-refractivity contribution in [2.75, 3.05) is 18.9 Å². The Morgan fingerprint density at radius 2 is 2.07 bits per heavy atom. The Bertz CT molecular complexity index is 295. The van der Waals surface area contributed by atoms with Crippen LogP contribution in [0.15, 0.2) is 24.3 Å². The van der Waals surface area contributed by atoms with E-state index >= 15 is 0 Å². The van der Waals surface area contributed by atoms with Gasteiger partial charge in [-0.1, -0.05) is 12.1 Å². The van der Waals surface area contributed by atoms with Crippen molar-refractivity contribution in [3.05, 3.63) is 29.8 Å². The lowest BCUT2D eigenvalue weighted by Gasteiger charge is -2.08. The second-order valence-corrected chi connectivity index (χ2v) is 3.45. The molecule has 0 atom stereocenters. The van der Waals surface area contributed by atoms with Crippen LogP contribution in [0.2, 0.25) is 0 Å². The molecule has 1 heterocycles. The number of nitrogen functional groups attached to an aromatic ring is 1. The topological polar surface area (TPSA) is 44.5 Å². The molecular weight excluding hydrogens is 178 g/mol. The van der Waals surface area contributed by atoms with Gasteiger partial charge in [-0.3, -0.25) is 0 Å². The van der Waals surface area contributed by atoms with Crippen molar-refractivity contribution in [3.63, 3.8) is 0 Å². The minimum Gasteiger partial charge on any atom is -0.399 e. The molecule has 1 aliphatic heterocycles. The standard InChI is InChI=1S/C11H15NO2/c12-10-3-1-2-9(8-10)4-5-11-13-6-7-14-11/h1-3,8,11H,4-7,12H2. The number of ether oxygens (including phenoxy) is 2. The summed E-state index contributed by atoms with van der Waals surface area (Å²) in [6.45, 7) is 1.45. The van der Waals surface area contributed by atoms with Crippen LogP contribution in [0.1, 0.15) is 12.0 Å². The Morgan fingerprint density at radius 1 is 1.29 bits per heavy atom. The Balaban J connectivity index is 1.85. The molecule has 1 aromatic carbocycles. The van der Waals surface area contributed by atoms with E-state index in [4.69, 9.17) is 15.2 Å². The maximum absolute atomic E-state index is 5.68. The van der Waals surface area contributed by atoms with Gasteiger partial charge in [-0.25, -0.2) is 0 Å². The summed E-state index contributed by atoms with van der Waals surface area (Å²) in [5.74, 6) is 0. The van der Waals surface area contributed by atoms with E-state index in [1.165, 1.54) is 5.56 Å². The molecule has 0 aromatic heterocycles. The lowest BCUT2D eigenvalue weighted by molar-refractivity contribution is -0.0461. The van der Waals surface area contributed by atoms with Crippen LogP contribution in [0, 0.1) is 0 Å². The number of aryl methyl sites for hydroxylation is 1. The summed E-state index contributed by atoms with van der Waals surface area (Å²) < 4.78 is 10.7. The highest BCUT2D eigenvalue weighted by atomic mass is 16.7. The van der Waals surface area contributed by atoms with Gasteiger partial charge in [-0.2, -0.15) is 0 Å². The van der Waals surface area contributed by atoms with Crippen LogP contribution < -0.4 is 5.73 Å². The first-order valence-corrected chi connectivity index (χ1v) is 4.92. The molecule has 2 N–H and O–H groups in total.